The number of Topliss-reactive ketones (excluding diaryl/α,β-unsaturated/α-hetero) is 1. The van der Waals surface area contributed by atoms with E-state index in [1.807, 2.05) is 73.7 Å². The van der Waals surface area contributed by atoms with E-state index in [2.05, 4.69) is 9.97 Å². The number of nitrogens with one attached hydrogen (secondary N) is 1. The highest BCUT2D eigenvalue weighted by Gasteiger charge is 2.29. The standard InChI is InChI=1S/C27H20N2O3/c1-17-15-21(19-11-6-8-14-24(19)29-17)27(31)32-26(18-9-3-2-4-10-18)25(30)22-16-28-23-13-7-5-12-20(22)23/h2-16,26,28H,1H3. The van der Waals surface area contributed by atoms with Crippen LogP contribution in [-0.2, 0) is 4.74 Å². The molecule has 3 aromatic carbocycles. The minimum absolute atomic E-state index is 0.280. The quantitative estimate of drug-likeness (QED) is 0.288. The number of benzene rings is 3. The van der Waals surface area contributed by atoms with Gasteiger partial charge in [-0.25, -0.2) is 4.79 Å². The molecule has 5 aromatic rings. The second kappa shape index (κ2) is 8.12. The van der Waals surface area contributed by atoms with Gasteiger partial charge < -0.3 is 9.72 Å². The van der Waals surface area contributed by atoms with E-state index in [1.54, 1.807) is 24.4 Å². The molecule has 0 aliphatic rings. The highest BCUT2D eigenvalue weighted by Crippen LogP contribution is 2.29. The molecule has 0 aliphatic heterocycles. The van der Waals surface area contributed by atoms with Crippen LogP contribution in [0.3, 0.4) is 0 Å². The molecular formula is C27H20N2O3. The number of nitrogens with zero attached hydrogens (tertiary/aromatic N) is 1. The number of carbonyl (C=O) groups excluding carboxylic acids is 2. The minimum atomic E-state index is -1.07. The predicted octanol–water partition coefficient (Wildman–Crippen LogP) is 5.81. The molecule has 0 aliphatic carbocycles. The molecule has 2 heterocycles. The van der Waals surface area contributed by atoms with Crippen molar-refractivity contribution in [1.82, 2.24) is 9.97 Å². The fourth-order valence-corrected chi connectivity index (χ4v) is 3.96. The fraction of sp³-hybridized carbons (Fsp3) is 0.0741. The summed E-state index contributed by atoms with van der Waals surface area (Å²) in [6, 6.07) is 25.8. The van der Waals surface area contributed by atoms with Crippen molar-refractivity contribution >= 4 is 33.6 Å². The van der Waals surface area contributed by atoms with Gasteiger partial charge in [-0.3, -0.25) is 9.78 Å². The number of hydrogen-bond donors (Lipinski definition) is 1. The third-order valence-electron chi connectivity index (χ3n) is 5.48. The van der Waals surface area contributed by atoms with Gasteiger partial charge in [0.25, 0.3) is 0 Å². The van der Waals surface area contributed by atoms with Crippen molar-refractivity contribution in [3.05, 3.63) is 114 Å². The molecule has 0 radical (unpaired) electrons. The molecule has 0 fully saturated rings. The normalized spacial score (nSPS) is 12.0. The Balaban J connectivity index is 1.57. The Kier molecular flexibility index (Phi) is 5.00. The van der Waals surface area contributed by atoms with E-state index < -0.39 is 12.1 Å². The zero-order valence-electron chi connectivity index (χ0n) is 17.4. The molecule has 1 atom stereocenters. The van der Waals surface area contributed by atoms with Crippen LogP contribution < -0.4 is 0 Å². The molecule has 0 saturated heterocycles. The van der Waals surface area contributed by atoms with Crippen molar-refractivity contribution < 1.29 is 14.3 Å². The van der Waals surface area contributed by atoms with Gasteiger partial charge in [-0.1, -0.05) is 66.7 Å². The molecule has 1 N–H and O–H groups in total. The van der Waals surface area contributed by atoms with Crippen LogP contribution in [0.2, 0.25) is 0 Å². The summed E-state index contributed by atoms with van der Waals surface area (Å²) < 4.78 is 5.89. The Morgan fingerprint density at radius 3 is 2.34 bits per heavy atom. The maximum Gasteiger partial charge on any atom is 0.339 e. The molecule has 0 saturated carbocycles. The van der Waals surface area contributed by atoms with Crippen molar-refractivity contribution in [1.29, 1.82) is 0 Å². The lowest BCUT2D eigenvalue weighted by Gasteiger charge is -2.18. The van der Waals surface area contributed by atoms with Crippen LogP contribution in [0.1, 0.15) is 38.1 Å². The maximum absolute atomic E-state index is 13.6. The molecule has 5 nitrogen and oxygen atoms in total. The number of rotatable bonds is 5. The number of esters is 1. The van der Waals surface area contributed by atoms with Crippen LogP contribution in [-0.4, -0.2) is 21.7 Å². The Bertz CT molecular complexity index is 1450. The van der Waals surface area contributed by atoms with E-state index in [-0.39, 0.29) is 5.78 Å². The van der Waals surface area contributed by atoms with E-state index in [1.165, 1.54) is 0 Å². The number of ether oxygens (including phenoxy) is 1. The molecule has 156 valence electrons. The zero-order chi connectivity index (χ0) is 22.1. The summed E-state index contributed by atoms with van der Waals surface area (Å²) in [5.41, 5.74) is 3.75. The van der Waals surface area contributed by atoms with Crippen molar-refractivity contribution in [2.75, 3.05) is 0 Å². The van der Waals surface area contributed by atoms with Crippen molar-refractivity contribution in [2.24, 2.45) is 0 Å². The number of pyridine rings is 1. The lowest BCUT2D eigenvalue weighted by Crippen LogP contribution is -2.20. The fourth-order valence-electron chi connectivity index (χ4n) is 3.96. The lowest BCUT2D eigenvalue weighted by molar-refractivity contribution is 0.0282. The number of H-pyrrole nitrogens is 1. The summed E-state index contributed by atoms with van der Waals surface area (Å²) in [5.74, 6) is -0.842. The van der Waals surface area contributed by atoms with Gasteiger partial charge >= 0.3 is 5.97 Å². The topological polar surface area (TPSA) is 72.1 Å². The molecule has 32 heavy (non-hydrogen) atoms. The van der Waals surface area contributed by atoms with E-state index in [0.717, 1.165) is 10.9 Å². The SMILES string of the molecule is Cc1cc(C(=O)OC(C(=O)c2c[nH]c3ccccc23)c2ccccc2)c2ccccc2n1. The predicted molar refractivity (Wildman–Crippen MR) is 124 cm³/mol. The van der Waals surface area contributed by atoms with Crippen molar-refractivity contribution in [3.8, 4) is 0 Å². The number of fused-ring (bicyclic) bond motifs is 2. The van der Waals surface area contributed by atoms with Gasteiger partial charge in [0.05, 0.1) is 11.1 Å². The van der Waals surface area contributed by atoms with Gasteiger partial charge in [0.1, 0.15) is 0 Å². The van der Waals surface area contributed by atoms with Gasteiger partial charge in [-0.05, 0) is 25.1 Å². The number of aryl methyl sites for hydroxylation is 1. The molecule has 0 amide bonds. The van der Waals surface area contributed by atoms with Crippen molar-refractivity contribution in [2.45, 2.75) is 13.0 Å². The monoisotopic (exact) mass is 420 g/mol. The van der Waals surface area contributed by atoms with Gasteiger partial charge in [-0.2, -0.15) is 0 Å². The van der Waals surface area contributed by atoms with Crippen LogP contribution >= 0.6 is 0 Å². The van der Waals surface area contributed by atoms with Crippen LogP contribution in [0.25, 0.3) is 21.8 Å². The van der Waals surface area contributed by atoms with Crippen LogP contribution in [0.5, 0.6) is 0 Å². The summed E-state index contributed by atoms with van der Waals surface area (Å²) in [4.78, 5) is 34.5. The number of aromatic nitrogens is 2. The van der Waals surface area contributed by atoms with Gasteiger partial charge in [0.15, 0.2) is 6.10 Å². The van der Waals surface area contributed by atoms with Gasteiger partial charge in [0, 0.05) is 39.3 Å². The highest BCUT2D eigenvalue weighted by molar-refractivity contribution is 6.11. The summed E-state index contributed by atoms with van der Waals surface area (Å²) in [6.07, 6.45) is 0.595. The Labute approximate surface area is 184 Å². The molecular weight excluding hydrogens is 400 g/mol. The number of aromatic amines is 1. The first-order chi connectivity index (χ1) is 15.6. The number of hydrogen-bond acceptors (Lipinski definition) is 4. The first-order valence-electron chi connectivity index (χ1n) is 10.3. The molecule has 5 rings (SSSR count). The average molecular weight is 420 g/mol. The van der Waals surface area contributed by atoms with Crippen molar-refractivity contribution in [3.63, 3.8) is 0 Å². The Morgan fingerprint density at radius 2 is 1.53 bits per heavy atom. The second-order valence-corrected chi connectivity index (χ2v) is 7.64. The van der Waals surface area contributed by atoms with Gasteiger partial charge in [-0.15, -0.1) is 0 Å². The molecule has 2 aromatic heterocycles. The first-order valence-corrected chi connectivity index (χ1v) is 10.3. The smallest absolute Gasteiger partial charge is 0.339 e. The summed E-state index contributed by atoms with van der Waals surface area (Å²) in [6.45, 7) is 1.83. The average Bonchev–Trinajstić information content (AvgIpc) is 3.26. The third kappa shape index (κ3) is 3.54. The molecule has 0 bridgehead atoms. The van der Waals surface area contributed by atoms with E-state index in [0.29, 0.717) is 33.3 Å². The maximum atomic E-state index is 13.6. The van der Waals surface area contributed by atoms with Gasteiger partial charge in [0.2, 0.25) is 5.78 Å². The zero-order valence-corrected chi connectivity index (χ0v) is 17.4. The Morgan fingerprint density at radius 1 is 0.844 bits per heavy atom. The molecule has 0 spiro atoms. The number of para-hydroxylation sites is 2. The summed E-state index contributed by atoms with van der Waals surface area (Å²) >= 11 is 0. The lowest BCUT2D eigenvalue weighted by atomic mass is 9.99. The first kappa shape index (κ1) is 19.7. The minimum Gasteiger partial charge on any atom is -0.445 e. The Hall–Kier alpha value is -4.25. The van der Waals surface area contributed by atoms with E-state index >= 15 is 0 Å². The summed E-state index contributed by atoms with van der Waals surface area (Å²) in [5, 5.41) is 1.48. The third-order valence-corrected chi connectivity index (χ3v) is 5.48. The highest BCUT2D eigenvalue weighted by atomic mass is 16.5. The summed E-state index contributed by atoms with van der Waals surface area (Å²) in [7, 11) is 0. The largest absolute Gasteiger partial charge is 0.445 e. The second-order valence-electron chi connectivity index (χ2n) is 7.64. The van der Waals surface area contributed by atoms with Crippen LogP contribution in [0, 0.1) is 6.92 Å². The number of carbonyl (C=O) groups is 2. The number of ketones is 1. The van der Waals surface area contributed by atoms with E-state index in [4.69, 9.17) is 4.74 Å². The molecule has 5 heteroatoms. The van der Waals surface area contributed by atoms with Crippen LogP contribution in [0.15, 0.2) is 91.1 Å². The van der Waals surface area contributed by atoms with E-state index in [9.17, 15) is 9.59 Å². The van der Waals surface area contributed by atoms with Crippen LogP contribution in [0.4, 0.5) is 0 Å². The molecule has 1 unspecified atom stereocenters.